The van der Waals surface area contributed by atoms with E-state index in [1.54, 1.807) is 19.3 Å². The maximum absolute atomic E-state index is 11.6. The van der Waals surface area contributed by atoms with Crippen molar-refractivity contribution in [2.45, 2.75) is 13.8 Å². The molecule has 5 heteroatoms. The molecule has 0 N–H and O–H groups in total. The van der Waals surface area contributed by atoms with Crippen molar-refractivity contribution in [2.24, 2.45) is 0 Å². The largest absolute Gasteiger partial charge is 0.461 e. The van der Waals surface area contributed by atoms with Crippen LogP contribution in [0.5, 0.6) is 0 Å². The molecule has 88 valence electrons. The van der Waals surface area contributed by atoms with Gasteiger partial charge in [-0.3, -0.25) is 4.98 Å². The Kier molecular flexibility index (Phi) is 3.49. The molecule has 4 nitrogen and oxygen atoms in total. The van der Waals surface area contributed by atoms with Crippen molar-refractivity contribution < 1.29 is 9.53 Å². The lowest BCUT2D eigenvalue weighted by molar-refractivity contribution is 0.0526. The van der Waals surface area contributed by atoms with E-state index in [9.17, 15) is 4.79 Å². The summed E-state index contributed by atoms with van der Waals surface area (Å²) >= 11 is 1.34. The van der Waals surface area contributed by atoms with E-state index in [0.29, 0.717) is 11.6 Å². The summed E-state index contributed by atoms with van der Waals surface area (Å²) in [6.45, 7) is 4.07. The molecule has 2 aromatic heterocycles. The number of carbonyl (C=O) groups excluding carboxylic acids is 1. The van der Waals surface area contributed by atoms with Crippen LogP contribution in [0.2, 0.25) is 0 Å². The summed E-state index contributed by atoms with van der Waals surface area (Å²) in [4.78, 5) is 20.9. The molecular formula is C12H12N2O2S. The van der Waals surface area contributed by atoms with E-state index in [2.05, 4.69) is 9.97 Å². The van der Waals surface area contributed by atoms with Gasteiger partial charge in [0.2, 0.25) is 5.01 Å². The molecule has 0 spiro atoms. The molecule has 0 radical (unpaired) electrons. The molecule has 2 aromatic rings. The Morgan fingerprint density at radius 2 is 2.35 bits per heavy atom. The number of aromatic nitrogens is 2. The molecule has 0 aliphatic carbocycles. The van der Waals surface area contributed by atoms with Gasteiger partial charge in [0.1, 0.15) is 0 Å². The zero-order valence-corrected chi connectivity index (χ0v) is 10.5. The lowest BCUT2D eigenvalue weighted by atomic mass is 10.2. The number of pyridine rings is 1. The zero-order valence-electron chi connectivity index (χ0n) is 9.64. The summed E-state index contributed by atoms with van der Waals surface area (Å²) in [5, 5.41) is 0.392. The second-order valence-corrected chi connectivity index (χ2v) is 4.59. The van der Waals surface area contributed by atoms with Crippen molar-refractivity contribution in [3.8, 4) is 11.3 Å². The summed E-state index contributed by atoms with van der Waals surface area (Å²) in [5.74, 6) is -0.365. The quantitative estimate of drug-likeness (QED) is 0.784. The maximum atomic E-state index is 11.6. The van der Waals surface area contributed by atoms with Crippen molar-refractivity contribution >= 4 is 17.3 Å². The van der Waals surface area contributed by atoms with Crippen LogP contribution >= 0.6 is 11.3 Å². The highest BCUT2D eigenvalue weighted by atomic mass is 32.1. The molecule has 17 heavy (non-hydrogen) atoms. The fraction of sp³-hybridized carbons (Fsp3) is 0.250. The average molecular weight is 248 g/mol. The van der Waals surface area contributed by atoms with Gasteiger partial charge in [0.25, 0.3) is 0 Å². The van der Waals surface area contributed by atoms with Gasteiger partial charge in [0.05, 0.1) is 12.3 Å². The SMILES string of the molecule is CCOC(=O)c1nc(-c2cccnc2)c(C)s1. The van der Waals surface area contributed by atoms with E-state index in [-0.39, 0.29) is 5.97 Å². The van der Waals surface area contributed by atoms with Gasteiger partial charge in [-0.05, 0) is 26.0 Å². The van der Waals surface area contributed by atoms with E-state index >= 15 is 0 Å². The van der Waals surface area contributed by atoms with Crippen molar-refractivity contribution in [3.63, 3.8) is 0 Å². The summed E-state index contributed by atoms with van der Waals surface area (Å²) < 4.78 is 4.93. The number of hydrogen-bond acceptors (Lipinski definition) is 5. The second-order valence-electron chi connectivity index (χ2n) is 3.39. The molecule has 0 unspecified atom stereocenters. The third-order valence-corrected chi connectivity index (χ3v) is 3.13. The monoisotopic (exact) mass is 248 g/mol. The highest BCUT2D eigenvalue weighted by Crippen LogP contribution is 2.27. The fourth-order valence-corrected chi connectivity index (χ4v) is 2.28. The Morgan fingerprint density at radius 1 is 1.53 bits per heavy atom. The van der Waals surface area contributed by atoms with Gasteiger partial charge in [-0.25, -0.2) is 9.78 Å². The first-order chi connectivity index (χ1) is 8.22. The number of thiazole rings is 1. The van der Waals surface area contributed by atoms with Gasteiger partial charge in [0.15, 0.2) is 0 Å². The normalized spacial score (nSPS) is 10.2. The molecular weight excluding hydrogens is 236 g/mol. The number of rotatable bonds is 3. The molecule has 0 fully saturated rings. The third kappa shape index (κ3) is 2.50. The molecule has 0 aromatic carbocycles. The van der Waals surface area contributed by atoms with Gasteiger partial charge in [-0.15, -0.1) is 11.3 Å². The van der Waals surface area contributed by atoms with Crippen LogP contribution in [0.3, 0.4) is 0 Å². The van der Waals surface area contributed by atoms with E-state index < -0.39 is 0 Å². The average Bonchev–Trinajstić information content (AvgIpc) is 2.73. The molecule has 0 atom stereocenters. The Bertz CT molecular complexity index is 523. The van der Waals surface area contributed by atoms with Crippen LogP contribution in [0, 0.1) is 6.92 Å². The minimum absolute atomic E-state index is 0.361. The second kappa shape index (κ2) is 5.05. The molecule has 0 amide bonds. The lowest BCUT2D eigenvalue weighted by Crippen LogP contribution is -2.03. The molecule has 2 rings (SSSR count). The number of carbonyl (C=O) groups is 1. The number of hydrogen-bond donors (Lipinski definition) is 0. The summed E-state index contributed by atoms with van der Waals surface area (Å²) in [6.07, 6.45) is 3.44. The first-order valence-electron chi connectivity index (χ1n) is 5.27. The van der Waals surface area contributed by atoms with Crippen molar-refractivity contribution in [1.82, 2.24) is 9.97 Å². The van der Waals surface area contributed by atoms with E-state index in [4.69, 9.17) is 4.74 Å². The summed E-state index contributed by atoms with van der Waals surface area (Å²) in [7, 11) is 0. The first kappa shape index (κ1) is 11.7. The number of nitrogens with zero attached hydrogens (tertiary/aromatic N) is 2. The van der Waals surface area contributed by atoms with Gasteiger partial charge in [0, 0.05) is 22.8 Å². The van der Waals surface area contributed by atoms with E-state index in [1.165, 1.54) is 11.3 Å². The Hall–Kier alpha value is -1.75. The molecule has 0 bridgehead atoms. The first-order valence-corrected chi connectivity index (χ1v) is 6.09. The minimum Gasteiger partial charge on any atom is -0.461 e. The van der Waals surface area contributed by atoms with Crippen molar-refractivity contribution in [1.29, 1.82) is 0 Å². The molecule has 0 aliphatic heterocycles. The predicted molar refractivity (Wildman–Crippen MR) is 66.0 cm³/mol. The van der Waals surface area contributed by atoms with Crippen LogP contribution in [-0.4, -0.2) is 22.5 Å². The maximum Gasteiger partial charge on any atom is 0.367 e. The topological polar surface area (TPSA) is 52.1 Å². The highest BCUT2D eigenvalue weighted by molar-refractivity contribution is 7.13. The van der Waals surface area contributed by atoms with Crippen LogP contribution in [0.25, 0.3) is 11.3 Å². The number of esters is 1. The molecule has 2 heterocycles. The fourth-order valence-electron chi connectivity index (χ4n) is 1.45. The van der Waals surface area contributed by atoms with Crippen LogP contribution in [0.15, 0.2) is 24.5 Å². The van der Waals surface area contributed by atoms with Crippen LogP contribution in [0.4, 0.5) is 0 Å². The van der Waals surface area contributed by atoms with Gasteiger partial charge in [-0.2, -0.15) is 0 Å². The molecule has 0 aliphatic rings. The van der Waals surface area contributed by atoms with Crippen molar-refractivity contribution in [2.75, 3.05) is 6.61 Å². The lowest BCUT2D eigenvalue weighted by Gasteiger charge is -1.97. The molecule has 0 saturated heterocycles. The minimum atomic E-state index is -0.365. The summed E-state index contributed by atoms with van der Waals surface area (Å²) in [6, 6.07) is 3.77. The Morgan fingerprint density at radius 3 is 3.00 bits per heavy atom. The van der Waals surface area contributed by atoms with Crippen molar-refractivity contribution in [3.05, 3.63) is 34.4 Å². The van der Waals surface area contributed by atoms with E-state index in [1.807, 2.05) is 19.1 Å². The molecule has 0 saturated carbocycles. The third-order valence-electron chi connectivity index (χ3n) is 2.18. The van der Waals surface area contributed by atoms with Crippen LogP contribution in [-0.2, 0) is 4.74 Å². The number of aryl methyl sites for hydroxylation is 1. The van der Waals surface area contributed by atoms with Gasteiger partial charge in [-0.1, -0.05) is 0 Å². The predicted octanol–water partition coefficient (Wildman–Crippen LogP) is 2.69. The highest BCUT2D eigenvalue weighted by Gasteiger charge is 2.16. The van der Waals surface area contributed by atoms with Crippen LogP contribution in [0.1, 0.15) is 21.6 Å². The van der Waals surface area contributed by atoms with E-state index in [0.717, 1.165) is 16.1 Å². The zero-order chi connectivity index (χ0) is 12.3. The smallest absolute Gasteiger partial charge is 0.367 e. The van der Waals surface area contributed by atoms with Crippen LogP contribution < -0.4 is 0 Å². The Balaban J connectivity index is 2.35. The number of ether oxygens (including phenoxy) is 1. The standard InChI is InChI=1S/C12H12N2O2S/c1-3-16-12(15)11-14-10(8(2)17-11)9-5-4-6-13-7-9/h4-7H,3H2,1-2H3. The summed E-state index contributed by atoms with van der Waals surface area (Å²) in [5.41, 5.74) is 1.71. The Labute approximate surface area is 103 Å². The van der Waals surface area contributed by atoms with Gasteiger partial charge >= 0.3 is 5.97 Å². The van der Waals surface area contributed by atoms with Gasteiger partial charge < -0.3 is 4.74 Å².